The standard InChI is InChI=1S/C14H17ClN2O/c15-13-6-11(16)4-5-12(13)14(18)17-7-9-2-1-3-10(9)8-17/h4-6,9-10H,1-3,7-8,16H2. The molecule has 18 heavy (non-hydrogen) atoms. The van der Waals surface area contributed by atoms with Crippen LogP contribution in [0.15, 0.2) is 18.2 Å². The van der Waals surface area contributed by atoms with Crippen molar-refractivity contribution in [3.63, 3.8) is 0 Å². The maximum Gasteiger partial charge on any atom is 0.255 e. The maximum absolute atomic E-state index is 12.4. The van der Waals surface area contributed by atoms with Crippen LogP contribution in [-0.4, -0.2) is 23.9 Å². The Balaban J connectivity index is 1.79. The van der Waals surface area contributed by atoms with Crippen molar-refractivity contribution in [3.05, 3.63) is 28.8 Å². The second-order valence-corrected chi connectivity index (χ2v) is 5.81. The van der Waals surface area contributed by atoms with Gasteiger partial charge in [-0.3, -0.25) is 4.79 Å². The Morgan fingerprint density at radius 1 is 1.28 bits per heavy atom. The Labute approximate surface area is 112 Å². The van der Waals surface area contributed by atoms with Crippen LogP contribution in [0.5, 0.6) is 0 Å². The van der Waals surface area contributed by atoms with Gasteiger partial charge in [0.15, 0.2) is 0 Å². The average molecular weight is 265 g/mol. The highest BCUT2D eigenvalue weighted by Crippen LogP contribution is 2.38. The first-order chi connectivity index (χ1) is 8.65. The molecule has 1 amide bonds. The second kappa shape index (κ2) is 4.47. The fourth-order valence-electron chi connectivity index (χ4n) is 3.28. The number of fused-ring (bicyclic) bond motifs is 1. The van der Waals surface area contributed by atoms with E-state index in [4.69, 9.17) is 17.3 Å². The molecule has 4 heteroatoms. The van der Waals surface area contributed by atoms with Gasteiger partial charge < -0.3 is 10.6 Å². The number of nitrogen functional groups attached to an aromatic ring is 1. The molecule has 0 radical (unpaired) electrons. The SMILES string of the molecule is Nc1ccc(C(=O)N2CC3CCCC3C2)c(Cl)c1. The molecule has 1 saturated carbocycles. The number of nitrogens with zero attached hydrogens (tertiary/aromatic N) is 1. The number of amides is 1. The predicted octanol–water partition coefficient (Wildman–Crippen LogP) is 2.79. The van der Waals surface area contributed by atoms with Crippen molar-refractivity contribution in [2.75, 3.05) is 18.8 Å². The molecule has 2 unspecified atom stereocenters. The lowest BCUT2D eigenvalue weighted by atomic mass is 10.0. The highest BCUT2D eigenvalue weighted by molar-refractivity contribution is 6.34. The Morgan fingerprint density at radius 3 is 2.56 bits per heavy atom. The first-order valence-electron chi connectivity index (χ1n) is 6.49. The van der Waals surface area contributed by atoms with E-state index in [2.05, 4.69) is 0 Å². The van der Waals surface area contributed by atoms with E-state index in [9.17, 15) is 4.79 Å². The summed E-state index contributed by atoms with van der Waals surface area (Å²) in [5, 5.41) is 0.456. The molecule has 2 fully saturated rings. The van der Waals surface area contributed by atoms with Crippen molar-refractivity contribution in [2.24, 2.45) is 11.8 Å². The zero-order chi connectivity index (χ0) is 12.7. The molecule has 1 aliphatic carbocycles. The van der Waals surface area contributed by atoms with Crippen molar-refractivity contribution in [3.8, 4) is 0 Å². The van der Waals surface area contributed by atoms with Gasteiger partial charge in [-0.1, -0.05) is 18.0 Å². The smallest absolute Gasteiger partial charge is 0.255 e. The van der Waals surface area contributed by atoms with Crippen LogP contribution >= 0.6 is 11.6 Å². The molecule has 3 nitrogen and oxygen atoms in total. The molecule has 0 aromatic heterocycles. The minimum atomic E-state index is 0.0504. The normalized spacial score (nSPS) is 26.4. The molecule has 1 saturated heterocycles. The largest absolute Gasteiger partial charge is 0.399 e. The highest BCUT2D eigenvalue weighted by Gasteiger charge is 2.38. The summed E-state index contributed by atoms with van der Waals surface area (Å²) in [5.74, 6) is 1.47. The summed E-state index contributed by atoms with van der Waals surface area (Å²) < 4.78 is 0. The Hall–Kier alpha value is -1.22. The lowest BCUT2D eigenvalue weighted by molar-refractivity contribution is 0.0781. The number of carbonyl (C=O) groups is 1. The van der Waals surface area contributed by atoms with Crippen molar-refractivity contribution in [2.45, 2.75) is 19.3 Å². The third-order valence-corrected chi connectivity index (χ3v) is 4.55. The van der Waals surface area contributed by atoms with E-state index in [0.29, 0.717) is 28.1 Å². The minimum Gasteiger partial charge on any atom is -0.399 e. The molecule has 2 N–H and O–H groups in total. The molecule has 96 valence electrons. The van der Waals surface area contributed by atoms with Gasteiger partial charge in [-0.15, -0.1) is 0 Å². The van der Waals surface area contributed by atoms with Crippen LogP contribution in [0.2, 0.25) is 5.02 Å². The van der Waals surface area contributed by atoms with Crippen LogP contribution < -0.4 is 5.73 Å². The maximum atomic E-state index is 12.4. The Morgan fingerprint density at radius 2 is 1.94 bits per heavy atom. The number of benzene rings is 1. The number of halogens is 1. The summed E-state index contributed by atoms with van der Waals surface area (Å²) in [6, 6.07) is 5.11. The summed E-state index contributed by atoms with van der Waals surface area (Å²) in [4.78, 5) is 14.4. The van der Waals surface area contributed by atoms with Gasteiger partial charge in [-0.2, -0.15) is 0 Å². The van der Waals surface area contributed by atoms with Gasteiger partial charge in [0, 0.05) is 18.8 Å². The monoisotopic (exact) mass is 264 g/mol. The zero-order valence-corrected chi connectivity index (χ0v) is 11.0. The molecule has 2 aliphatic rings. The number of anilines is 1. The predicted molar refractivity (Wildman–Crippen MR) is 72.6 cm³/mol. The van der Waals surface area contributed by atoms with Crippen LogP contribution in [-0.2, 0) is 0 Å². The minimum absolute atomic E-state index is 0.0504. The van der Waals surface area contributed by atoms with Gasteiger partial charge in [-0.05, 0) is 42.9 Å². The van der Waals surface area contributed by atoms with Crippen LogP contribution in [0, 0.1) is 11.8 Å². The Kier molecular flexibility index (Phi) is 2.94. The van der Waals surface area contributed by atoms with Gasteiger partial charge in [0.1, 0.15) is 0 Å². The quantitative estimate of drug-likeness (QED) is 0.793. The molecule has 2 atom stereocenters. The zero-order valence-electron chi connectivity index (χ0n) is 10.2. The third kappa shape index (κ3) is 1.97. The summed E-state index contributed by atoms with van der Waals surface area (Å²) >= 11 is 6.10. The van der Waals surface area contributed by atoms with Crippen LogP contribution in [0.3, 0.4) is 0 Å². The van der Waals surface area contributed by atoms with Crippen LogP contribution in [0.4, 0.5) is 5.69 Å². The number of nitrogens with two attached hydrogens (primary N) is 1. The lowest BCUT2D eigenvalue weighted by Gasteiger charge is -2.18. The number of rotatable bonds is 1. The van der Waals surface area contributed by atoms with Crippen molar-refractivity contribution in [1.29, 1.82) is 0 Å². The van der Waals surface area contributed by atoms with Gasteiger partial charge in [0.25, 0.3) is 5.91 Å². The first-order valence-corrected chi connectivity index (χ1v) is 6.87. The molecule has 0 bridgehead atoms. The summed E-state index contributed by atoms with van der Waals surface area (Å²) in [7, 11) is 0. The van der Waals surface area contributed by atoms with Gasteiger partial charge >= 0.3 is 0 Å². The van der Waals surface area contributed by atoms with E-state index in [0.717, 1.165) is 13.1 Å². The molecular weight excluding hydrogens is 248 g/mol. The molecule has 0 spiro atoms. The molecule has 1 aliphatic heterocycles. The number of carbonyl (C=O) groups excluding carboxylic acids is 1. The number of hydrogen-bond donors (Lipinski definition) is 1. The average Bonchev–Trinajstić information content (AvgIpc) is 2.87. The highest BCUT2D eigenvalue weighted by atomic mass is 35.5. The molecule has 1 aromatic rings. The van der Waals surface area contributed by atoms with Crippen LogP contribution in [0.1, 0.15) is 29.6 Å². The second-order valence-electron chi connectivity index (χ2n) is 5.40. The van der Waals surface area contributed by atoms with Gasteiger partial charge in [-0.25, -0.2) is 0 Å². The molecule has 3 rings (SSSR count). The van der Waals surface area contributed by atoms with Crippen molar-refractivity contribution >= 4 is 23.2 Å². The molecular formula is C14H17ClN2O. The van der Waals surface area contributed by atoms with Crippen LogP contribution in [0.25, 0.3) is 0 Å². The fraction of sp³-hybridized carbons (Fsp3) is 0.500. The van der Waals surface area contributed by atoms with Gasteiger partial charge in [0.2, 0.25) is 0 Å². The van der Waals surface area contributed by atoms with E-state index >= 15 is 0 Å². The van der Waals surface area contributed by atoms with Crippen molar-refractivity contribution < 1.29 is 4.79 Å². The van der Waals surface area contributed by atoms with E-state index < -0.39 is 0 Å². The number of hydrogen-bond acceptors (Lipinski definition) is 2. The topological polar surface area (TPSA) is 46.3 Å². The summed E-state index contributed by atoms with van der Waals surface area (Å²) in [6.45, 7) is 1.79. The third-order valence-electron chi connectivity index (χ3n) is 4.24. The van der Waals surface area contributed by atoms with E-state index in [1.165, 1.54) is 19.3 Å². The molecule has 1 heterocycles. The lowest BCUT2D eigenvalue weighted by Crippen LogP contribution is -2.29. The van der Waals surface area contributed by atoms with E-state index in [-0.39, 0.29) is 5.91 Å². The first kappa shape index (κ1) is 11.8. The summed E-state index contributed by atoms with van der Waals surface area (Å²) in [6.07, 6.45) is 3.85. The summed E-state index contributed by atoms with van der Waals surface area (Å²) in [5.41, 5.74) is 6.81. The number of likely N-dealkylation sites (tertiary alicyclic amines) is 1. The Bertz CT molecular complexity index is 477. The fourth-order valence-corrected chi connectivity index (χ4v) is 3.55. The van der Waals surface area contributed by atoms with E-state index in [1.807, 2.05) is 4.90 Å². The van der Waals surface area contributed by atoms with Gasteiger partial charge in [0.05, 0.1) is 10.6 Å². The van der Waals surface area contributed by atoms with E-state index in [1.54, 1.807) is 18.2 Å². The van der Waals surface area contributed by atoms with Crippen molar-refractivity contribution in [1.82, 2.24) is 4.90 Å². The molecule has 1 aromatic carbocycles.